The zero-order valence-electron chi connectivity index (χ0n) is 16.6. The first-order valence-corrected chi connectivity index (χ1v) is 10.6. The van der Waals surface area contributed by atoms with Gasteiger partial charge in [-0.1, -0.05) is 13.0 Å². The van der Waals surface area contributed by atoms with E-state index >= 15 is 0 Å². The number of nitrogens with zero attached hydrogens (tertiary/aromatic N) is 3. The second-order valence-electron chi connectivity index (χ2n) is 7.27. The first kappa shape index (κ1) is 19.3. The van der Waals surface area contributed by atoms with E-state index in [1.54, 1.807) is 25.6 Å². The van der Waals surface area contributed by atoms with Gasteiger partial charge in [0.05, 0.1) is 19.6 Å². The Labute approximate surface area is 174 Å². The van der Waals surface area contributed by atoms with Crippen molar-refractivity contribution in [1.82, 2.24) is 9.97 Å². The van der Waals surface area contributed by atoms with Crippen LogP contribution in [0.25, 0.3) is 21.3 Å². The Morgan fingerprint density at radius 2 is 1.82 bits per heavy atom. The van der Waals surface area contributed by atoms with Crippen LogP contribution in [0.15, 0.2) is 18.2 Å². The summed E-state index contributed by atoms with van der Waals surface area (Å²) in [4.78, 5) is 13.6. The molecule has 1 aliphatic heterocycles. The van der Waals surface area contributed by atoms with Crippen molar-refractivity contribution in [2.24, 2.45) is 5.92 Å². The molecule has 7 heteroatoms. The van der Waals surface area contributed by atoms with Gasteiger partial charge in [-0.05, 0) is 55.0 Å². The standard InChI is InChI=1S/C21H24ClN3O2S/c1-12-7-9-25(10-8-12)19-18-17(13(2)28-20(18)24-21(22)23-19)14-5-6-15(26-3)16(11-14)27-4/h5-6,11-12H,7-10H2,1-4H3. The van der Waals surface area contributed by atoms with E-state index in [1.165, 1.54) is 4.88 Å². The number of benzene rings is 1. The molecular formula is C21H24ClN3O2S. The van der Waals surface area contributed by atoms with Gasteiger partial charge in [0.1, 0.15) is 10.6 Å². The summed E-state index contributed by atoms with van der Waals surface area (Å²) >= 11 is 7.94. The smallest absolute Gasteiger partial charge is 0.225 e. The predicted molar refractivity (Wildman–Crippen MR) is 116 cm³/mol. The summed E-state index contributed by atoms with van der Waals surface area (Å²) in [5.41, 5.74) is 2.21. The lowest BCUT2D eigenvalue weighted by atomic mass is 9.98. The number of methoxy groups -OCH3 is 2. The lowest BCUT2D eigenvalue weighted by Crippen LogP contribution is -2.33. The maximum atomic E-state index is 6.29. The molecule has 5 nitrogen and oxygen atoms in total. The topological polar surface area (TPSA) is 47.5 Å². The Morgan fingerprint density at radius 3 is 2.50 bits per heavy atom. The van der Waals surface area contributed by atoms with Crippen LogP contribution < -0.4 is 14.4 Å². The minimum atomic E-state index is 0.307. The molecule has 0 bridgehead atoms. The number of halogens is 1. The normalized spacial score (nSPS) is 15.2. The average Bonchev–Trinajstić information content (AvgIpc) is 3.02. The van der Waals surface area contributed by atoms with E-state index in [2.05, 4.69) is 34.8 Å². The fourth-order valence-corrected chi connectivity index (χ4v) is 5.11. The van der Waals surface area contributed by atoms with Crippen molar-refractivity contribution >= 4 is 39.0 Å². The number of rotatable bonds is 4. The van der Waals surface area contributed by atoms with Crippen LogP contribution in [0.5, 0.6) is 11.5 Å². The molecule has 0 radical (unpaired) electrons. The number of ether oxygens (including phenoxy) is 2. The third kappa shape index (κ3) is 3.40. The first-order valence-electron chi connectivity index (χ1n) is 9.45. The fourth-order valence-electron chi connectivity index (χ4n) is 3.86. The zero-order chi connectivity index (χ0) is 19.8. The number of hydrogen-bond acceptors (Lipinski definition) is 6. The van der Waals surface area contributed by atoms with E-state index in [4.69, 9.17) is 21.1 Å². The van der Waals surface area contributed by atoms with Crippen LogP contribution in [0.1, 0.15) is 24.6 Å². The molecule has 0 unspecified atom stereocenters. The molecule has 0 saturated carbocycles. The number of aryl methyl sites for hydroxylation is 1. The molecule has 3 heterocycles. The van der Waals surface area contributed by atoms with E-state index in [9.17, 15) is 0 Å². The van der Waals surface area contributed by atoms with Gasteiger partial charge in [0.2, 0.25) is 5.28 Å². The monoisotopic (exact) mass is 417 g/mol. The van der Waals surface area contributed by atoms with Crippen molar-refractivity contribution < 1.29 is 9.47 Å². The third-order valence-electron chi connectivity index (χ3n) is 5.44. The van der Waals surface area contributed by atoms with Crippen molar-refractivity contribution in [2.75, 3.05) is 32.2 Å². The number of piperidine rings is 1. The molecule has 0 aliphatic carbocycles. The quantitative estimate of drug-likeness (QED) is 0.519. The summed E-state index contributed by atoms with van der Waals surface area (Å²) in [7, 11) is 3.30. The minimum Gasteiger partial charge on any atom is -0.493 e. The highest BCUT2D eigenvalue weighted by Gasteiger charge is 2.25. The van der Waals surface area contributed by atoms with Crippen LogP contribution in [-0.2, 0) is 0 Å². The van der Waals surface area contributed by atoms with Crippen LogP contribution in [-0.4, -0.2) is 37.3 Å². The maximum absolute atomic E-state index is 6.29. The van der Waals surface area contributed by atoms with Crippen LogP contribution in [0.3, 0.4) is 0 Å². The molecule has 2 aromatic heterocycles. The Morgan fingerprint density at radius 1 is 1.11 bits per heavy atom. The molecular weight excluding hydrogens is 394 g/mol. The van der Waals surface area contributed by atoms with Gasteiger partial charge < -0.3 is 14.4 Å². The van der Waals surface area contributed by atoms with Gasteiger partial charge in [0.15, 0.2) is 11.5 Å². The highest BCUT2D eigenvalue weighted by Crippen LogP contribution is 2.44. The second-order valence-corrected chi connectivity index (χ2v) is 8.81. The van der Waals surface area contributed by atoms with E-state index in [-0.39, 0.29) is 0 Å². The van der Waals surface area contributed by atoms with Crippen molar-refractivity contribution in [3.8, 4) is 22.6 Å². The van der Waals surface area contributed by atoms with Crippen LogP contribution in [0.4, 0.5) is 5.82 Å². The van der Waals surface area contributed by atoms with Gasteiger partial charge in [0.25, 0.3) is 0 Å². The lowest BCUT2D eigenvalue weighted by molar-refractivity contribution is 0.355. The van der Waals surface area contributed by atoms with Crippen molar-refractivity contribution in [3.63, 3.8) is 0 Å². The Bertz CT molecular complexity index is 1010. The molecule has 4 rings (SSSR count). The van der Waals surface area contributed by atoms with Crippen LogP contribution in [0.2, 0.25) is 5.28 Å². The SMILES string of the molecule is COc1ccc(-c2c(C)sc3nc(Cl)nc(N4CCC(C)CC4)c23)cc1OC. The second kappa shape index (κ2) is 7.76. The molecule has 1 aromatic carbocycles. The van der Waals surface area contributed by atoms with Crippen LogP contribution in [0, 0.1) is 12.8 Å². The molecule has 0 atom stereocenters. The van der Waals surface area contributed by atoms with Gasteiger partial charge in [-0.2, -0.15) is 4.98 Å². The third-order valence-corrected chi connectivity index (χ3v) is 6.60. The van der Waals surface area contributed by atoms with Gasteiger partial charge in [-0.3, -0.25) is 0 Å². The summed E-state index contributed by atoms with van der Waals surface area (Å²) in [5, 5.41) is 1.38. The number of hydrogen-bond donors (Lipinski definition) is 0. The largest absolute Gasteiger partial charge is 0.493 e. The average molecular weight is 418 g/mol. The number of anilines is 1. The van der Waals surface area contributed by atoms with E-state index in [0.29, 0.717) is 16.8 Å². The molecule has 0 N–H and O–H groups in total. The van der Waals surface area contributed by atoms with Crippen LogP contribution >= 0.6 is 22.9 Å². The van der Waals surface area contributed by atoms with Crippen molar-refractivity contribution in [3.05, 3.63) is 28.4 Å². The Hall–Kier alpha value is -2.05. The van der Waals surface area contributed by atoms with Crippen molar-refractivity contribution in [2.45, 2.75) is 26.7 Å². The predicted octanol–water partition coefficient (Wildman–Crippen LogP) is 5.57. The fraction of sp³-hybridized carbons (Fsp3) is 0.429. The summed E-state index contributed by atoms with van der Waals surface area (Å²) < 4.78 is 10.9. The van der Waals surface area contributed by atoms with E-state index < -0.39 is 0 Å². The minimum absolute atomic E-state index is 0.307. The molecule has 28 heavy (non-hydrogen) atoms. The van der Waals surface area contributed by atoms with Gasteiger partial charge in [-0.15, -0.1) is 11.3 Å². The summed E-state index contributed by atoms with van der Waals surface area (Å²) in [6, 6.07) is 6.02. The van der Waals surface area contributed by atoms with Crippen molar-refractivity contribution in [1.29, 1.82) is 0 Å². The number of fused-ring (bicyclic) bond motifs is 1. The molecule has 1 saturated heterocycles. The summed E-state index contributed by atoms with van der Waals surface area (Å²) in [6.07, 6.45) is 2.33. The first-order chi connectivity index (χ1) is 13.5. The summed E-state index contributed by atoms with van der Waals surface area (Å²) in [5.74, 6) is 3.12. The van der Waals surface area contributed by atoms with Gasteiger partial charge in [-0.25, -0.2) is 4.98 Å². The highest BCUT2D eigenvalue weighted by atomic mass is 35.5. The molecule has 1 fully saturated rings. The number of thiophene rings is 1. The zero-order valence-corrected chi connectivity index (χ0v) is 18.2. The summed E-state index contributed by atoms with van der Waals surface area (Å²) in [6.45, 7) is 6.41. The number of aromatic nitrogens is 2. The molecule has 1 aliphatic rings. The van der Waals surface area contributed by atoms with E-state index in [0.717, 1.165) is 59.0 Å². The lowest BCUT2D eigenvalue weighted by Gasteiger charge is -2.31. The maximum Gasteiger partial charge on any atom is 0.225 e. The molecule has 0 amide bonds. The molecule has 3 aromatic rings. The molecule has 148 valence electrons. The van der Waals surface area contributed by atoms with Gasteiger partial charge >= 0.3 is 0 Å². The molecule has 0 spiro atoms. The Balaban J connectivity index is 1.91. The Kier molecular flexibility index (Phi) is 5.34. The van der Waals surface area contributed by atoms with E-state index in [1.807, 2.05) is 12.1 Å². The highest BCUT2D eigenvalue weighted by molar-refractivity contribution is 7.19. The van der Waals surface area contributed by atoms with Gasteiger partial charge in [0, 0.05) is 23.5 Å².